The molecule has 2 aromatic rings. The van der Waals surface area contributed by atoms with E-state index in [0.29, 0.717) is 19.8 Å². The third-order valence-electron chi connectivity index (χ3n) is 8.69. The van der Waals surface area contributed by atoms with Crippen LogP contribution in [-0.2, 0) is 27.4 Å². The van der Waals surface area contributed by atoms with E-state index in [9.17, 15) is 4.79 Å². The standard InChI is InChI=1S/C35H45N3O3S/c1-5-7-17-33-36-35(20-10-11-21-35)34(39)38(33)23-26-18-19-29(27(22-26)24-41-6-2)30-13-8-9-16-32(30)42-37-25(3)28-14-12-15-31(28)40-4/h8-9,13,16,18-19,22,37H,3,5-7,10-12,14-15,17,20-21,23-24H2,1-2,4H3. The fourth-order valence-corrected chi connectivity index (χ4v) is 7.23. The van der Waals surface area contributed by atoms with Crippen molar-refractivity contribution >= 4 is 23.7 Å². The van der Waals surface area contributed by atoms with Gasteiger partial charge in [0.15, 0.2) is 0 Å². The molecule has 2 aromatic carbocycles. The van der Waals surface area contributed by atoms with E-state index in [0.717, 1.165) is 109 Å². The molecule has 0 aromatic heterocycles. The van der Waals surface area contributed by atoms with Crippen molar-refractivity contribution in [3.63, 3.8) is 0 Å². The molecule has 7 heteroatoms. The first kappa shape index (κ1) is 30.4. The van der Waals surface area contributed by atoms with Crippen molar-refractivity contribution in [2.24, 2.45) is 4.99 Å². The third-order valence-corrected chi connectivity index (χ3v) is 9.62. The summed E-state index contributed by atoms with van der Waals surface area (Å²) in [4.78, 5) is 21.9. The molecule has 1 fully saturated rings. The average molecular weight is 588 g/mol. The van der Waals surface area contributed by atoms with Gasteiger partial charge in [-0.25, -0.2) is 0 Å². The Hall–Kier alpha value is -3.03. The van der Waals surface area contributed by atoms with Crippen molar-refractivity contribution in [2.75, 3.05) is 13.7 Å². The lowest BCUT2D eigenvalue weighted by atomic mass is 9.96. The molecule has 1 spiro atoms. The Kier molecular flexibility index (Phi) is 10.1. The van der Waals surface area contributed by atoms with Gasteiger partial charge in [0.1, 0.15) is 17.1 Å². The van der Waals surface area contributed by atoms with Crippen molar-refractivity contribution in [1.29, 1.82) is 0 Å². The van der Waals surface area contributed by atoms with Crippen LogP contribution in [0.1, 0.15) is 89.2 Å². The zero-order chi connectivity index (χ0) is 29.5. The second kappa shape index (κ2) is 14.0. The number of ether oxygens (including phenoxy) is 2. The Bertz CT molecular complexity index is 1360. The second-order valence-electron chi connectivity index (χ2n) is 11.5. The van der Waals surface area contributed by atoms with Crippen LogP contribution in [0.2, 0.25) is 0 Å². The first-order valence-corrected chi connectivity index (χ1v) is 16.4. The molecule has 42 heavy (non-hydrogen) atoms. The molecule has 0 atom stereocenters. The van der Waals surface area contributed by atoms with E-state index in [1.54, 1.807) is 19.1 Å². The normalized spacial score (nSPS) is 17.8. The topological polar surface area (TPSA) is 63.2 Å². The molecular formula is C35H45N3O3S. The van der Waals surface area contributed by atoms with E-state index < -0.39 is 5.54 Å². The minimum atomic E-state index is -0.511. The van der Waals surface area contributed by atoms with Crippen LogP contribution in [0.3, 0.4) is 0 Å². The van der Waals surface area contributed by atoms with Gasteiger partial charge in [0.2, 0.25) is 0 Å². The molecule has 3 aliphatic rings. The number of aliphatic imine (C=N–C) groups is 1. The van der Waals surface area contributed by atoms with Crippen LogP contribution >= 0.6 is 11.9 Å². The van der Waals surface area contributed by atoms with E-state index in [2.05, 4.69) is 60.7 Å². The fraction of sp³-hybridized carbons (Fsp3) is 0.486. The first-order valence-electron chi connectivity index (χ1n) is 15.6. The number of allylic oxidation sites excluding steroid dienone is 2. The molecule has 1 aliphatic heterocycles. The summed E-state index contributed by atoms with van der Waals surface area (Å²) >= 11 is 1.58. The highest BCUT2D eigenvalue weighted by atomic mass is 32.2. The SMILES string of the molecule is C=C(NSc1ccccc1-c1ccc(CN2C(=O)C3(CCCC3)N=C2CCCC)cc1COCC)C1=C(OC)CCC1. The third kappa shape index (κ3) is 6.47. The smallest absolute Gasteiger partial charge is 0.256 e. The molecule has 1 N–H and O–H groups in total. The highest BCUT2D eigenvalue weighted by Crippen LogP contribution is 2.41. The van der Waals surface area contributed by atoms with Gasteiger partial charge >= 0.3 is 0 Å². The summed E-state index contributed by atoms with van der Waals surface area (Å²) in [6.07, 6.45) is 9.99. The summed E-state index contributed by atoms with van der Waals surface area (Å²) < 4.78 is 15.0. The van der Waals surface area contributed by atoms with Gasteiger partial charge in [-0.1, -0.05) is 69.2 Å². The number of carbonyl (C=O) groups excluding carboxylic acids is 1. The second-order valence-corrected chi connectivity index (χ2v) is 12.4. The zero-order valence-corrected chi connectivity index (χ0v) is 26.3. The van der Waals surface area contributed by atoms with Gasteiger partial charge in [-0.15, -0.1) is 0 Å². The van der Waals surface area contributed by atoms with Gasteiger partial charge in [0.25, 0.3) is 5.91 Å². The Balaban J connectivity index is 1.39. The van der Waals surface area contributed by atoms with Crippen LogP contribution in [0.15, 0.2) is 76.0 Å². The minimum Gasteiger partial charge on any atom is -0.501 e. The van der Waals surface area contributed by atoms with Gasteiger partial charge in [-0.3, -0.25) is 14.7 Å². The predicted molar refractivity (Wildman–Crippen MR) is 172 cm³/mol. The van der Waals surface area contributed by atoms with E-state index in [1.807, 2.05) is 11.8 Å². The molecule has 2 aliphatic carbocycles. The molecule has 0 bridgehead atoms. The molecule has 1 heterocycles. The lowest BCUT2D eigenvalue weighted by molar-refractivity contribution is -0.131. The molecule has 0 radical (unpaired) electrons. The quantitative estimate of drug-likeness (QED) is 0.225. The number of methoxy groups -OCH3 is 1. The predicted octanol–water partition coefficient (Wildman–Crippen LogP) is 8.33. The Morgan fingerprint density at radius 3 is 2.67 bits per heavy atom. The van der Waals surface area contributed by atoms with Crippen LogP contribution in [0.25, 0.3) is 11.1 Å². The molecule has 1 saturated carbocycles. The van der Waals surface area contributed by atoms with Crippen LogP contribution < -0.4 is 4.72 Å². The summed E-state index contributed by atoms with van der Waals surface area (Å²) in [6, 6.07) is 15.0. The largest absolute Gasteiger partial charge is 0.501 e. The lowest BCUT2D eigenvalue weighted by Gasteiger charge is -2.23. The molecule has 0 saturated heterocycles. The molecule has 5 rings (SSSR count). The van der Waals surface area contributed by atoms with Gasteiger partial charge in [0, 0.05) is 35.6 Å². The maximum Gasteiger partial charge on any atom is 0.256 e. The maximum absolute atomic E-state index is 13.7. The number of amidine groups is 1. The van der Waals surface area contributed by atoms with Crippen LogP contribution in [0.5, 0.6) is 0 Å². The highest BCUT2D eigenvalue weighted by molar-refractivity contribution is 7.97. The Morgan fingerprint density at radius 1 is 1.10 bits per heavy atom. The molecule has 6 nitrogen and oxygen atoms in total. The monoisotopic (exact) mass is 587 g/mol. The van der Waals surface area contributed by atoms with Crippen LogP contribution in [0, 0.1) is 0 Å². The number of benzene rings is 2. The maximum atomic E-state index is 13.7. The van der Waals surface area contributed by atoms with Gasteiger partial charge < -0.3 is 14.2 Å². The van der Waals surface area contributed by atoms with Gasteiger partial charge in [0.05, 0.1) is 20.3 Å². The fourth-order valence-electron chi connectivity index (χ4n) is 6.44. The van der Waals surface area contributed by atoms with Crippen molar-refractivity contribution in [3.8, 4) is 11.1 Å². The Labute approximate surface area is 255 Å². The van der Waals surface area contributed by atoms with Crippen molar-refractivity contribution in [3.05, 3.63) is 77.2 Å². The highest BCUT2D eigenvalue weighted by Gasteiger charge is 2.49. The first-order chi connectivity index (χ1) is 20.5. The van der Waals surface area contributed by atoms with Gasteiger partial charge in [-0.05, 0) is 79.3 Å². The molecule has 224 valence electrons. The summed E-state index contributed by atoms with van der Waals surface area (Å²) in [5.41, 5.74) is 6.09. The number of amides is 1. The van der Waals surface area contributed by atoms with Gasteiger partial charge in [-0.2, -0.15) is 0 Å². The van der Waals surface area contributed by atoms with E-state index in [-0.39, 0.29) is 5.91 Å². The molecular weight excluding hydrogens is 542 g/mol. The minimum absolute atomic E-state index is 0.198. The number of unbranched alkanes of at least 4 members (excludes halogenated alkanes) is 1. The number of hydrogen-bond donors (Lipinski definition) is 1. The van der Waals surface area contributed by atoms with Crippen molar-refractivity contribution < 1.29 is 14.3 Å². The number of nitrogens with one attached hydrogen (secondary N) is 1. The number of nitrogens with zero attached hydrogens (tertiary/aromatic N) is 2. The Morgan fingerprint density at radius 2 is 1.90 bits per heavy atom. The molecule has 1 amide bonds. The number of rotatable bonds is 14. The summed E-state index contributed by atoms with van der Waals surface area (Å²) in [5, 5.41) is 0. The van der Waals surface area contributed by atoms with Crippen LogP contribution in [-0.4, -0.2) is 35.9 Å². The molecule has 0 unspecified atom stereocenters. The summed E-state index contributed by atoms with van der Waals surface area (Å²) in [5.74, 6) is 2.21. The summed E-state index contributed by atoms with van der Waals surface area (Å²) in [6.45, 7) is 10.2. The van der Waals surface area contributed by atoms with E-state index >= 15 is 0 Å². The lowest BCUT2D eigenvalue weighted by Crippen LogP contribution is -2.40. The van der Waals surface area contributed by atoms with Crippen molar-refractivity contribution in [1.82, 2.24) is 9.62 Å². The van der Waals surface area contributed by atoms with E-state index in [4.69, 9.17) is 14.5 Å². The zero-order valence-electron chi connectivity index (χ0n) is 25.5. The average Bonchev–Trinajstić information content (AvgIpc) is 3.75. The number of hydrogen-bond acceptors (Lipinski definition) is 6. The summed E-state index contributed by atoms with van der Waals surface area (Å²) in [7, 11) is 1.74. The van der Waals surface area contributed by atoms with Crippen molar-refractivity contribution in [2.45, 2.75) is 102 Å². The number of carbonyl (C=O) groups is 1. The van der Waals surface area contributed by atoms with E-state index in [1.165, 1.54) is 5.57 Å². The van der Waals surface area contributed by atoms with Crippen LogP contribution in [0.4, 0.5) is 0 Å².